The molecule has 0 aliphatic heterocycles. The summed E-state index contributed by atoms with van der Waals surface area (Å²) < 4.78 is 27.8. The molecule has 170 valence electrons. The molecule has 1 heterocycles. The molecule has 0 unspecified atom stereocenters. The lowest BCUT2D eigenvalue weighted by molar-refractivity contribution is 0.284. The minimum Gasteiger partial charge on any atom is -0.372 e. The van der Waals surface area contributed by atoms with Crippen LogP contribution in [0.25, 0.3) is 10.9 Å². The van der Waals surface area contributed by atoms with E-state index >= 15 is 0 Å². The van der Waals surface area contributed by atoms with E-state index in [1.54, 1.807) is 12.1 Å². The molecule has 1 aliphatic carbocycles. The van der Waals surface area contributed by atoms with Gasteiger partial charge >= 0.3 is 0 Å². The Morgan fingerprint density at radius 1 is 0.906 bits per heavy atom. The van der Waals surface area contributed by atoms with Crippen LogP contribution in [0.1, 0.15) is 31.2 Å². The number of hydrogen-bond donors (Lipinski definition) is 3. The van der Waals surface area contributed by atoms with Crippen molar-refractivity contribution < 1.29 is 8.42 Å². The summed E-state index contributed by atoms with van der Waals surface area (Å²) in [5, 5.41) is 7.56. The van der Waals surface area contributed by atoms with Gasteiger partial charge in [-0.05, 0) is 68.7 Å². The summed E-state index contributed by atoms with van der Waals surface area (Å²) >= 11 is 0. The zero-order chi connectivity index (χ0) is 22.6. The number of benzene rings is 2. The van der Waals surface area contributed by atoms with Gasteiger partial charge in [0.05, 0.1) is 10.4 Å². The number of para-hydroxylation sites is 1. The fraction of sp³-hybridized carbons (Fsp3) is 0.417. The number of fused-ring (bicyclic) bond motifs is 1. The molecule has 1 aliphatic rings. The molecule has 3 N–H and O–H groups in total. The Morgan fingerprint density at radius 2 is 1.56 bits per heavy atom. The lowest BCUT2D eigenvalue weighted by Crippen LogP contribution is -2.32. The zero-order valence-electron chi connectivity index (χ0n) is 18.6. The number of hydrogen-bond acceptors (Lipinski definition) is 6. The molecular weight excluding hydrogens is 422 g/mol. The first kappa shape index (κ1) is 22.5. The minimum absolute atomic E-state index is 0.331. The number of aryl methyl sites for hydroxylation is 1. The number of anilines is 2. The third-order valence-corrected chi connectivity index (χ3v) is 7.69. The molecule has 1 aromatic heterocycles. The Balaban J connectivity index is 1.26. The van der Waals surface area contributed by atoms with E-state index in [0.717, 1.165) is 54.5 Å². The molecule has 0 radical (unpaired) electrons. The predicted octanol–water partition coefficient (Wildman–Crippen LogP) is 4.18. The Kier molecular flexibility index (Phi) is 6.91. The number of sulfonamides is 1. The smallest absolute Gasteiger partial charge is 0.240 e. The van der Waals surface area contributed by atoms with Crippen molar-refractivity contribution in [2.45, 2.75) is 37.5 Å². The SMILES string of the molecule is CNc1nc(NC[C@H]2CC[C@H](CNS(=O)(=O)c3ccc(C)cc3)CC2)nc2ccccc12. The molecule has 1 fully saturated rings. The Bertz CT molecular complexity index is 1160. The van der Waals surface area contributed by atoms with Gasteiger partial charge in [-0.15, -0.1) is 0 Å². The van der Waals surface area contributed by atoms with Gasteiger partial charge in [-0.2, -0.15) is 4.98 Å². The van der Waals surface area contributed by atoms with Gasteiger partial charge in [0, 0.05) is 25.5 Å². The average molecular weight is 454 g/mol. The normalized spacial score (nSPS) is 19.1. The molecule has 0 bridgehead atoms. The van der Waals surface area contributed by atoms with Gasteiger partial charge in [-0.25, -0.2) is 18.1 Å². The molecule has 0 atom stereocenters. The van der Waals surface area contributed by atoms with Crippen molar-refractivity contribution in [3.05, 3.63) is 54.1 Å². The second-order valence-electron chi connectivity index (χ2n) is 8.60. The Morgan fingerprint density at radius 3 is 2.25 bits per heavy atom. The fourth-order valence-corrected chi connectivity index (χ4v) is 5.37. The van der Waals surface area contributed by atoms with Crippen LogP contribution in [0, 0.1) is 18.8 Å². The van der Waals surface area contributed by atoms with Crippen molar-refractivity contribution >= 4 is 32.7 Å². The van der Waals surface area contributed by atoms with E-state index in [1.165, 1.54) is 0 Å². The van der Waals surface area contributed by atoms with Crippen LogP contribution in [-0.2, 0) is 10.0 Å². The standard InChI is InChI=1S/C24H31N5O2S/c1-17-7-13-20(14-8-17)32(30,31)27-16-19-11-9-18(10-12-19)15-26-24-28-22-6-4-3-5-21(22)23(25-2)29-24/h3-8,13-14,18-19,27H,9-12,15-16H2,1-2H3,(H2,25,26,28,29)/t18-,19-. The molecule has 7 nitrogen and oxygen atoms in total. The Hall–Kier alpha value is -2.71. The first-order valence-electron chi connectivity index (χ1n) is 11.2. The van der Waals surface area contributed by atoms with Crippen LogP contribution < -0.4 is 15.4 Å². The van der Waals surface area contributed by atoms with Crippen LogP contribution in [0.5, 0.6) is 0 Å². The molecule has 32 heavy (non-hydrogen) atoms. The van der Waals surface area contributed by atoms with E-state index in [9.17, 15) is 8.42 Å². The van der Waals surface area contributed by atoms with Crippen LogP contribution in [0.15, 0.2) is 53.4 Å². The van der Waals surface area contributed by atoms with Crippen LogP contribution in [0.3, 0.4) is 0 Å². The summed E-state index contributed by atoms with van der Waals surface area (Å²) in [6.45, 7) is 3.27. The third-order valence-electron chi connectivity index (χ3n) is 6.25. The minimum atomic E-state index is -3.45. The summed E-state index contributed by atoms with van der Waals surface area (Å²) in [5.74, 6) is 2.37. The molecule has 0 spiro atoms. The summed E-state index contributed by atoms with van der Waals surface area (Å²) in [6.07, 6.45) is 4.17. The van der Waals surface area contributed by atoms with Gasteiger partial charge in [0.1, 0.15) is 5.82 Å². The number of nitrogens with one attached hydrogen (secondary N) is 3. The second-order valence-corrected chi connectivity index (χ2v) is 10.4. The van der Waals surface area contributed by atoms with E-state index in [4.69, 9.17) is 0 Å². The first-order valence-corrected chi connectivity index (χ1v) is 12.7. The highest BCUT2D eigenvalue weighted by Crippen LogP contribution is 2.29. The lowest BCUT2D eigenvalue weighted by atomic mass is 9.82. The van der Waals surface area contributed by atoms with Crippen molar-refractivity contribution in [3.63, 3.8) is 0 Å². The number of rotatable bonds is 8. The van der Waals surface area contributed by atoms with E-state index in [0.29, 0.717) is 29.2 Å². The topological polar surface area (TPSA) is 96.0 Å². The molecule has 0 saturated heterocycles. The van der Waals surface area contributed by atoms with Crippen LogP contribution >= 0.6 is 0 Å². The van der Waals surface area contributed by atoms with Crippen molar-refractivity contribution in [2.75, 3.05) is 30.8 Å². The average Bonchev–Trinajstić information content (AvgIpc) is 2.82. The molecule has 3 aromatic rings. The molecule has 8 heteroatoms. The third kappa shape index (κ3) is 5.37. The van der Waals surface area contributed by atoms with Crippen molar-refractivity contribution in [2.24, 2.45) is 11.8 Å². The van der Waals surface area contributed by atoms with Gasteiger partial charge in [-0.3, -0.25) is 0 Å². The molecule has 0 amide bonds. The van der Waals surface area contributed by atoms with E-state index < -0.39 is 10.0 Å². The highest BCUT2D eigenvalue weighted by atomic mass is 32.2. The van der Waals surface area contributed by atoms with Gasteiger partial charge in [0.25, 0.3) is 0 Å². The van der Waals surface area contributed by atoms with Gasteiger partial charge in [0.15, 0.2) is 0 Å². The van der Waals surface area contributed by atoms with Crippen molar-refractivity contribution in [3.8, 4) is 0 Å². The Labute approximate surface area is 190 Å². The lowest BCUT2D eigenvalue weighted by Gasteiger charge is -2.28. The number of nitrogens with zero attached hydrogens (tertiary/aromatic N) is 2. The first-order chi connectivity index (χ1) is 15.4. The second kappa shape index (κ2) is 9.83. The van der Waals surface area contributed by atoms with E-state index in [2.05, 4.69) is 25.3 Å². The quantitative estimate of drug-likeness (QED) is 0.474. The fourth-order valence-electron chi connectivity index (χ4n) is 4.25. The monoisotopic (exact) mass is 453 g/mol. The van der Waals surface area contributed by atoms with Crippen LogP contribution in [-0.4, -0.2) is 38.5 Å². The maximum absolute atomic E-state index is 12.5. The summed E-state index contributed by atoms with van der Waals surface area (Å²) in [7, 11) is -1.58. The molecule has 2 aromatic carbocycles. The highest BCUT2D eigenvalue weighted by Gasteiger charge is 2.23. The van der Waals surface area contributed by atoms with E-state index in [1.807, 2.05) is 50.4 Å². The van der Waals surface area contributed by atoms with E-state index in [-0.39, 0.29) is 0 Å². The van der Waals surface area contributed by atoms with Crippen molar-refractivity contribution in [1.29, 1.82) is 0 Å². The largest absolute Gasteiger partial charge is 0.372 e. The summed E-state index contributed by atoms with van der Waals surface area (Å²) in [4.78, 5) is 9.57. The number of aromatic nitrogens is 2. The van der Waals surface area contributed by atoms with Crippen LogP contribution in [0.2, 0.25) is 0 Å². The molecular formula is C24H31N5O2S. The maximum Gasteiger partial charge on any atom is 0.240 e. The van der Waals surface area contributed by atoms with Gasteiger partial charge < -0.3 is 10.6 Å². The predicted molar refractivity (Wildman–Crippen MR) is 129 cm³/mol. The summed E-state index contributed by atoms with van der Waals surface area (Å²) in [5.41, 5.74) is 1.96. The highest BCUT2D eigenvalue weighted by molar-refractivity contribution is 7.89. The molecule has 1 saturated carbocycles. The van der Waals surface area contributed by atoms with Gasteiger partial charge in [-0.1, -0.05) is 29.8 Å². The van der Waals surface area contributed by atoms with Gasteiger partial charge in [0.2, 0.25) is 16.0 Å². The van der Waals surface area contributed by atoms with Crippen molar-refractivity contribution in [1.82, 2.24) is 14.7 Å². The summed E-state index contributed by atoms with van der Waals surface area (Å²) in [6, 6.07) is 14.9. The zero-order valence-corrected chi connectivity index (χ0v) is 19.5. The van der Waals surface area contributed by atoms with Crippen LogP contribution in [0.4, 0.5) is 11.8 Å². The maximum atomic E-state index is 12.5. The molecule has 4 rings (SSSR count).